The Labute approximate surface area is 118 Å². The van der Waals surface area contributed by atoms with Gasteiger partial charge in [-0.25, -0.2) is 8.78 Å². The van der Waals surface area contributed by atoms with Gasteiger partial charge in [0, 0.05) is 38.6 Å². The van der Waals surface area contributed by atoms with Crippen LogP contribution in [0.25, 0.3) is 0 Å². The Morgan fingerprint density at radius 2 is 1.85 bits per heavy atom. The molecule has 20 heavy (non-hydrogen) atoms. The van der Waals surface area contributed by atoms with Gasteiger partial charge in [-0.1, -0.05) is 12.1 Å². The highest BCUT2D eigenvalue weighted by atomic mass is 19.3. The third kappa shape index (κ3) is 4.15. The largest absolute Gasteiger partial charge is 0.494 e. The van der Waals surface area contributed by atoms with Gasteiger partial charge in [-0.3, -0.25) is 4.90 Å². The first-order valence-electron chi connectivity index (χ1n) is 7.16. The lowest BCUT2D eigenvalue weighted by Crippen LogP contribution is -2.45. The molecule has 0 amide bonds. The average Bonchev–Trinajstić information content (AvgIpc) is 2.47. The minimum Gasteiger partial charge on any atom is -0.494 e. The molecule has 1 aromatic carbocycles. The van der Waals surface area contributed by atoms with Gasteiger partial charge in [-0.15, -0.1) is 0 Å². The minimum absolute atomic E-state index is 0.117. The lowest BCUT2D eigenvalue weighted by atomic mass is 10.0. The summed E-state index contributed by atoms with van der Waals surface area (Å²) in [4.78, 5) is 2.14. The highest BCUT2D eigenvalue weighted by molar-refractivity contribution is 5.29. The van der Waals surface area contributed by atoms with Crippen LogP contribution in [-0.2, 0) is 0 Å². The van der Waals surface area contributed by atoms with Crippen LogP contribution in [0.15, 0.2) is 24.3 Å². The fraction of sp³-hybridized carbons (Fsp3) is 0.600. The second-order valence-electron chi connectivity index (χ2n) is 4.93. The summed E-state index contributed by atoms with van der Waals surface area (Å²) in [5, 5.41) is 3.25. The maximum Gasteiger partial charge on any atom is 0.240 e. The van der Waals surface area contributed by atoms with Gasteiger partial charge in [-0.2, -0.15) is 0 Å². The Morgan fingerprint density at radius 1 is 1.20 bits per heavy atom. The molecule has 0 radical (unpaired) electrons. The van der Waals surface area contributed by atoms with Gasteiger partial charge in [0.2, 0.25) is 6.43 Å². The number of hydrogen-bond donors (Lipinski definition) is 1. The fourth-order valence-corrected chi connectivity index (χ4v) is 2.61. The van der Waals surface area contributed by atoms with Gasteiger partial charge in [0.25, 0.3) is 0 Å². The number of nitrogens with zero attached hydrogens (tertiary/aromatic N) is 1. The molecule has 1 heterocycles. The Bertz CT molecular complexity index is 391. The molecule has 1 aliphatic rings. The molecule has 1 N–H and O–H groups in total. The van der Waals surface area contributed by atoms with Crippen LogP contribution in [0.3, 0.4) is 0 Å². The summed E-state index contributed by atoms with van der Waals surface area (Å²) in [5.74, 6) is 0.785. The van der Waals surface area contributed by atoms with Crippen LogP contribution >= 0.6 is 0 Å². The van der Waals surface area contributed by atoms with E-state index in [4.69, 9.17) is 4.74 Å². The van der Waals surface area contributed by atoms with Crippen molar-refractivity contribution >= 4 is 0 Å². The molecule has 0 saturated carbocycles. The molecule has 0 aromatic heterocycles. The van der Waals surface area contributed by atoms with Crippen molar-refractivity contribution in [3.8, 4) is 5.75 Å². The lowest BCUT2D eigenvalue weighted by Gasteiger charge is -2.35. The van der Waals surface area contributed by atoms with Gasteiger partial charge < -0.3 is 10.1 Å². The van der Waals surface area contributed by atoms with Crippen molar-refractivity contribution in [3.05, 3.63) is 29.8 Å². The van der Waals surface area contributed by atoms with Crippen LogP contribution in [0.2, 0.25) is 0 Å². The van der Waals surface area contributed by atoms with E-state index in [9.17, 15) is 8.78 Å². The summed E-state index contributed by atoms with van der Waals surface area (Å²) in [7, 11) is 0. The molecule has 112 valence electrons. The summed E-state index contributed by atoms with van der Waals surface area (Å²) in [6.45, 7) is 5.87. The monoisotopic (exact) mass is 284 g/mol. The van der Waals surface area contributed by atoms with E-state index >= 15 is 0 Å². The normalized spacial score (nSPS) is 18.2. The summed E-state index contributed by atoms with van der Waals surface area (Å²) in [6.07, 6.45) is -2.41. The van der Waals surface area contributed by atoms with E-state index < -0.39 is 6.43 Å². The Balaban J connectivity index is 2.12. The number of piperazine rings is 1. The highest BCUT2D eigenvalue weighted by Crippen LogP contribution is 2.28. The smallest absolute Gasteiger partial charge is 0.240 e. The molecule has 1 saturated heterocycles. The van der Waals surface area contributed by atoms with E-state index in [0.717, 1.165) is 37.5 Å². The quantitative estimate of drug-likeness (QED) is 0.869. The van der Waals surface area contributed by atoms with Gasteiger partial charge >= 0.3 is 0 Å². The molecule has 0 aliphatic carbocycles. The van der Waals surface area contributed by atoms with Crippen LogP contribution in [-0.4, -0.2) is 44.1 Å². The third-order valence-corrected chi connectivity index (χ3v) is 3.57. The van der Waals surface area contributed by atoms with Crippen molar-refractivity contribution in [2.24, 2.45) is 0 Å². The number of nitrogens with one attached hydrogen (secondary N) is 1. The van der Waals surface area contributed by atoms with Gasteiger partial charge in [0.05, 0.1) is 6.61 Å². The van der Waals surface area contributed by atoms with E-state index in [1.165, 1.54) is 0 Å². The Morgan fingerprint density at radius 3 is 2.40 bits per heavy atom. The number of benzene rings is 1. The second kappa shape index (κ2) is 7.55. The van der Waals surface area contributed by atoms with E-state index in [1.807, 2.05) is 31.2 Å². The van der Waals surface area contributed by atoms with Crippen LogP contribution < -0.4 is 10.1 Å². The zero-order valence-electron chi connectivity index (χ0n) is 11.8. The lowest BCUT2D eigenvalue weighted by molar-refractivity contribution is 0.0739. The molecule has 1 atom stereocenters. The summed E-state index contributed by atoms with van der Waals surface area (Å²) in [6, 6.07) is 7.31. The number of ether oxygens (including phenoxy) is 1. The summed E-state index contributed by atoms with van der Waals surface area (Å²) >= 11 is 0. The van der Waals surface area contributed by atoms with E-state index in [2.05, 4.69) is 10.2 Å². The molecule has 5 heteroatoms. The van der Waals surface area contributed by atoms with Crippen molar-refractivity contribution in [3.63, 3.8) is 0 Å². The van der Waals surface area contributed by atoms with E-state index in [-0.39, 0.29) is 12.5 Å². The van der Waals surface area contributed by atoms with Crippen LogP contribution in [0.5, 0.6) is 5.75 Å². The first-order chi connectivity index (χ1) is 9.70. The molecular weight excluding hydrogens is 262 g/mol. The molecule has 0 spiro atoms. The molecule has 1 fully saturated rings. The first kappa shape index (κ1) is 15.2. The van der Waals surface area contributed by atoms with Crippen molar-refractivity contribution in [2.75, 3.05) is 32.8 Å². The number of hydrogen-bond acceptors (Lipinski definition) is 3. The molecule has 1 aliphatic heterocycles. The first-order valence-corrected chi connectivity index (χ1v) is 7.16. The van der Waals surface area contributed by atoms with Crippen molar-refractivity contribution in [1.82, 2.24) is 10.2 Å². The second-order valence-corrected chi connectivity index (χ2v) is 4.93. The maximum absolute atomic E-state index is 12.9. The average molecular weight is 284 g/mol. The van der Waals surface area contributed by atoms with Crippen LogP contribution in [0, 0.1) is 0 Å². The van der Waals surface area contributed by atoms with Gasteiger partial charge in [0.15, 0.2) is 0 Å². The predicted octanol–water partition coefficient (Wildman–Crippen LogP) is 2.69. The molecule has 1 aromatic rings. The fourth-order valence-electron chi connectivity index (χ4n) is 2.61. The van der Waals surface area contributed by atoms with E-state index in [1.54, 1.807) is 0 Å². The van der Waals surface area contributed by atoms with Crippen LogP contribution in [0.1, 0.15) is 24.9 Å². The van der Waals surface area contributed by atoms with Crippen molar-refractivity contribution < 1.29 is 13.5 Å². The Kier molecular flexibility index (Phi) is 5.73. The molecule has 2 rings (SSSR count). The number of alkyl halides is 2. The minimum atomic E-state index is -2.29. The van der Waals surface area contributed by atoms with Gasteiger partial charge in [0.1, 0.15) is 5.75 Å². The highest BCUT2D eigenvalue weighted by Gasteiger charge is 2.25. The SMILES string of the molecule is CCOc1ccc([C@H](CC(F)F)N2CCNCC2)cc1. The zero-order chi connectivity index (χ0) is 14.4. The standard InChI is InChI=1S/C15H22F2N2O/c1-2-20-13-5-3-12(4-6-13)14(11-15(16)17)19-9-7-18-8-10-19/h3-6,14-15,18H,2,7-11H2,1H3/t14-/m0/s1. The topological polar surface area (TPSA) is 24.5 Å². The van der Waals surface area contributed by atoms with Crippen molar-refractivity contribution in [1.29, 1.82) is 0 Å². The summed E-state index contributed by atoms with van der Waals surface area (Å²) < 4.78 is 31.1. The van der Waals surface area contributed by atoms with Crippen LogP contribution in [0.4, 0.5) is 8.78 Å². The van der Waals surface area contributed by atoms with E-state index in [0.29, 0.717) is 6.61 Å². The molecule has 0 bridgehead atoms. The zero-order valence-corrected chi connectivity index (χ0v) is 11.8. The number of halogens is 2. The summed E-state index contributed by atoms with van der Waals surface area (Å²) in [5.41, 5.74) is 0.940. The number of rotatable bonds is 6. The van der Waals surface area contributed by atoms with Gasteiger partial charge in [-0.05, 0) is 24.6 Å². The Hall–Kier alpha value is -1.20. The predicted molar refractivity (Wildman–Crippen MR) is 75.4 cm³/mol. The maximum atomic E-state index is 12.9. The molecule has 3 nitrogen and oxygen atoms in total. The third-order valence-electron chi connectivity index (χ3n) is 3.57. The van der Waals surface area contributed by atoms with Crippen molar-refractivity contribution in [2.45, 2.75) is 25.8 Å². The molecular formula is C15H22F2N2O. The molecule has 0 unspecified atom stereocenters.